The average Bonchev–Trinajstić information content (AvgIpc) is 3.33. The minimum absolute atomic E-state index is 0.0507. The van der Waals surface area contributed by atoms with Crippen LogP contribution in [0.1, 0.15) is 33.6 Å². The van der Waals surface area contributed by atoms with Crippen molar-refractivity contribution >= 4 is 29.2 Å². The van der Waals surface area contributed by atoms with Crippen molar-refractivity contribution in [2.45, 2.75) is 25.9 Å². The van der Waals surface area contributed by atoms with E-state index in [9.17, 15) is 9.59 Å². The predicted molar refractivity (Wildman–Crippen MR) is 103 cm³/mol. The van der Waals surface area contributed by atoms with Crippen LogP contribution in [0.15, 0.2) is 47.5 Å². The van der Waals surface area contributed by atoms with E-state index in [0.29, 0.717) is 12.1 Å². The van der Waals surface area contributed by atoms with E-state index >= 15 is 0 Å². The topological polar surface area (TPSA) is 67.4 Å². The fraction of sp³-hybridized carbons (Fsp3) is 0.300. The molecule has 1 aromatic heterocycles. The molecule has 1 aliphatic heterocycles. The minimum Gasteiger partial charge on any atom is -0.376 e. The van der Waals surface area contributed by atoms with E-state index in [1.807, 2.05) is 36.6 Å². The van der Waals surface area contributed by atoms with Gasteiger partial charge in [-0.1, -0.05) is 23.8 Å². The number of amides is 2. The molecule has 0 unspecified atom stereocenters. The van der Waals surface area contributed by atoms with E-state index < -0.39 is 0 Å². The number of hydrogen-bond donors (Lipinski definition) is 2. The first kappa shape index (κ1) is 18.4. The first-order chi connectivity index (χ1) is 12.6. The van der Waals surface area contributed by atoms with Gasteiger partial charge >= 0.3 is 0 Å². The standard InChI is InChI=1S/C20H22N2O3S/c1-14-6-8-15(9-7-14)19(23)22-18(12-17-5-3-11-26-17)20(24)21-13-16-4-2-10-25-16/h3,5-9,11-12,16H,2,4,10,13H2,1H3,(H,21,24)(H,22,23)/b18-12+/t16-/m0/s1. The van der Waals surface area contributed by atoms with E-state index in [1.165, 1.54) is 11.3 Å². The Morgan fingerprint density at radius 2 is 2.08 bits per heavy atom. The van der Waals surface area contributed by atoms with E-state index in [4.69, 9.17) is 4.74 Å². The molecule has 3 rings (SSSR count). The summed E-state index contributed by atoms with van der Waals surface area (Å²) < 4.78 is 5.53. The van der Waals surface area contributed by atoms with Crippen molar-refractivity contribution < 1.29 is 14.3 Å². The number of carbonyl (C=O) groups excluding carboxylic acids is 2. The molecule has 1 saturated heterocycles. The Morgan fingerprint density at radius 1 is 1.27 bits per heavy atom. The van der Waals surface area contributed by atoms with Crippen LogP contribution in [-0.2, 0) is 9.53 Å². The molecule has 0 radical (unpaired) electrons. The maximum Gasteiger partial charge on any atom is 0.267 e. The predicted octanol–water partition coefficient (Wildman–Crippen LogP) is 3.12. The van der Waals surface area contributed by atoms with Crippen LogP contribution in [0, 0.1) is 6.92 Å². The van der Waals surface area contributed by atoms with Crippen LogP contribution in [-0.4, -0.2) is 31.1 Å². The zero-order valence-corrected chi connectivity index (χ0v) is 15.5. The van der Waals surface area contributed by atoms with Gasteiger partial charge in [-0.25, -0.2) is 0 Å². The van der Waals surface area contributed by atoms with Crippen LogP contribution in [0.5, 0.6) is 0 Å². The summed E-state index contributed by atoms with van der Waals surface area (Å²) in [5, 5.41) is 7.53. The summed E-state index contributed by atoms with van der Waals surface area (Å²) in [6.07, 6.45) is 3.71. The molecule has 2 N–H and O–H groups in total. The Bertz CT molecular complexity index is 776. The zero-order valence-electron chi connectivity index (χ0n) is 14.7. The lowest BCUT2D eigenvalue weighted by Gasteiger charge is -2.13. The SMILES string of the molecule is Cc1ccc(C(=O)N/C(=C/c2cccs2)C(=O)NC[C@@H]2CCCO2)cc1. The van der Waals surface area contributed by atoms with Gasteiger partial charge in [0.1, 0.15) is 5.70 Å². The van der Waals surface area contributed by atoms with Crippen LogP contribution < -0.4 is 10.6 Å². The summed E-state index contributed by atoms with van der Waals surface area (Å²) >= 11 is 1.50. The molecule has 0 bridgehead atoms. The molecule has 2 heterocycles. The molecule has 5 nitrogen and oxygen atoms in total. The molecule has 0 saturated carbocycles. The number of ether oxygens (including phenoxy) is 1. The third-order valence-electron chi connectivity index (χ3n) is 4.15. The van der Waals surface area contributed by atoms with Crippen LogP contribution in [0.25, 0.3) is 6.08 Å². The van der Waals surface area contributed by atoms with Crippen molar-refractivity contribution in [2.75, 3.05) is 13.2 Å². The summed E-state index contributed by atoms with van der Waals surface area (Å²) in [6.45, 7) is 3.14. The van der Waals surface area contributed by atoms with Gasteiger partial charge in [0.25, 0.3) is 11.8 Å². The zero-order chi connectivity index (χ0) is 18.4. The van der Waals surface area contributed by atoms with Crippen molar-refractivity contribution in [3.8, 4) is 0 Å². The van der Waals surface area contributed by atoms with Crippen LogP contribution in [0.4, 0.5) is 0 Å². The highest BCUT2D eigenvalue weighted by atomic mass is 32.1. The van der Waals surface area contributed by atoms with Gasteiger partial charge in [0.2, 0.25) is 0 Å². The smallest absolute Gasteiger partial charge is 0.267 e. The summed E-state index contributed by atoms with van der Waals surface area (Å²) in [5.41, 5.74) is 1.82. The molecule has 2 aromatic rings. The molecule has 136 valence electrons. The van der Waals surface area contributed by atoms with E-state index in [-0.39, 0.29) is 23.6 Å². The largest absolute Gasteiger partial charge is 0.376 e. The Kier molecular flexibility index (Phi) is 6.20. The van der Waals surface area contributed by atoms with Gasteiger partial charge < -0.3 is 15.4 Å². The van der Waals surface area contributed by atoms with E-state index in [2.05, 4.69) is 10.6 Å². The van der Waals surface area contributed by atoms with Crippen molar-refractivity contribution in [3.63, 3.8) is 0 Å². The van der Waals surface area contributed by atoms with Crippen molar-refractivity contribution in [1.82, 2.24) is 10.6 Å². The molecule has 2 amide bonds. The third-order valence-corrected chi connectivity index (χ3v) is 4.97. The van der Waals surface area contributed by atoms with E-state index in [0.717, 1.165) is 29.9 Å². The lowest BCUT2D eigenvalue weighted by atomic mass is 10.1. The molecular weight excluding hydrogens is 348 g/mol. The summed E-state index contributed by atoms with van der Waals surface area (Å²) in [5.74, 6) is -0.616. The number of carbonyl (C=O) groups is 2. The Balaban J connectivity index is 1.71. The second-order valence-electron chi connectivity index (χ2n) is 6.24. The maximum atomic E-state index is 12.6. The van der Waals surface area contributed by atoms with Gasteiger partial charge in [0.15, 0.2) is 0 Å². The molecule has 6 heteroatoms. The van der Waals surface area contributed by atoms with Crippen molar-refractivity contribution in [2.24, 2.45) is 0 Å². The summed E-state index contributed by atoms with van der Waals surface area (Å²) in [4.78, 5) is 26.0. The summed E-state index contributed by atoms with van der Waals surface area (Å²) in [7, 11) is 0. The van der Waals surface area contributed by atoms with Gasteiger partial charge in [-0.3, -0.25) is 9.59 Å². The van der Waals surface area contributed by atoms with Gasteiger partial charge in [-0.05, 0) is 49.4 Å². The molecule has 1 atom stereocenters. The number of benzene rings is 1. The highest BCUT2D eigenvalue weighted by Crippen LogP contribution is 2.14. The highest BCUT2D eigenvalue weighted by Gasteiger charge is 2.19. The minimum atomic E-state index is -0.311. The van der Waals surface area contributed by atoms with Gasteiger partial charge in [0, 0.05) is 23.6 Å². The first-order valence-electron chi connectivity index (χ1n) is 8.65. The molecule has 26 heavy (non-hydrogen) atoms. The van der Waals surface area contributed by atoms with Crippen molar-refractivity contribution in [3.05, 3.63) is 63.5 Å². The molecule has 0 spiro atoms. The van der Waals surface area contributed by atoms with Gasteiger partial charge in [0.05, 0.1) is 6.10 Å². The number of rotatable bonds is 6. The van der Waals surface area contributed by atoms with Crippen LogP contribution >= 0.6 is 11.3 Å². The number of thiophene rings is 1. The fourth-order valence-corrected chi connectivity index (χ4v) is 3.34. The highest BCUT2D eigenvalue weighted by molar-refractivity contribution is 7.10. The number of hydrogen-bond acceptors (Lipinski definition) is 4. The molecule has 1 aromatic carbocycles. The molecule has 0 aliphatic carbocycles. The first-order valence-corrected chi connectivity index (χ1v) is 9.53. The lowest BCUT2D eigenvalue weighted by Crippen LogP contribution is -2.38. The average molecular weight is 370 g/mol. The maximum absolute atomic E-state index is 12.6. The second-order valence-corrected chi connectivity index (χ2v) is 7.22. The molecule has 1 fully saturated rings. The van der Waals surface area contributed by atoms with Gasteiger partial charge in [-0.2, -0.15) is 0 Å². The number of nitrogens with one attached hydrogen (secondary N) is 2. The Labute approximate surface area is 157 Å². The monoisotopic (exact) mass is 370 g/mol. The van der Waals surface area contributed by atoms with Crippen molar-refractivity contribution in [1.29, 1.82) is 0 Å². The quantitative estimate of drug-likeness (QED) is 0.768. The molecule has 1 aliphatic rings. The van der Waals surface area contributed by atoms with Gasteiger partial charge in [-0.15, -0.1) is 11.3 Å². The summed E-state index contributed by atoms with van der Waals surface area (Å²) in [6, 6.07) is 11.0. The van der Waals surface area contributed by atoms with E-state index in [1.54, 1.807) is 18.2 Å². The lowest BCUT2D eigenvalue weighted by molar-refractivity contribution is -0.118. The Hall–Kier alpha value is -2.44. The van der Waals surface area contributed by atoms with Crippen LogP contribution in [0.3, 0.4) is 0 Å². The third kappa shape index (κ3) is 5.03. The number of aryl methyl sites for hydroxylation is 1. The normalized spacial score (nSPS) is 17.1. The Morgan fingerprint density at radius 3 is 2.73 bits per heavy atom. The van der Waals surface area contributed by atoms with Crippen LogP contribution in [0.2, 0.25) is 0 Å². The molecular formula is C20H22N2O3S. The second kappa shape index (κ2) is 8.78. The fourth-order valence-electron chi connectivity index (χ4n) is 2.68.